The second-order valence-corrected chi connectivity index (χ2v) is 5.66. The van der Waals surface area contributed by atoms with Gasteiger partial charge in [0, 0.05) is 31.4 Å². The third kappa shape index (κ3) is 4.81. The number of ether oxygens (including phenoxy) is 1. The van der Waals surface area contributed by atoms with Gasteiger partial charge in [-0.15, -0.1) is 0 Å². The lowest BCUT2D eigenvalue weighted by Crippen LogP contribution is -2.29. The van der Waals surface area contributed by atoms with Gasteiger partial charge in [0.05, 0.1) is 12.2 Å². The predicted octanol–water partition coefficient (Wildman–Crippen LogP) is 1.95. The first-order valence-corrected chi connectivity index (χ1v) is 7.22. The molecule has 1 N–H and O–H groups in total. The molecule has 1 aromatic heterocycles. The summed E-state index contributed by atoms with van der Waals surface area (Å²) in [6, 6.07) is 1.48. The van der Waals surface area contributed by atoms with Crippen LogP contribution in [0.4, 0.5) is 19.1 Å². The standard InChI is InChI=1S/C14H20F3N3O2/c1-9(2)22-12-8-20(7-11(12)21)13-18-6-4-10(19-13)3-5-14(15,16)17/h4,6,9,11-12,21H,3,5,7-8H2,1-2H3/t11-,12-/m1/s1. The highest BCUT2D eigenvalue weighted by Gasteiger charge is 2.34. The van der Waals surface area contributed by atoms with E-state index in [-0.39, 0.29) is 18.6 Å². The van der Waals surface area contributed by atoms with Gasteiger partial charge in [-0.05, 0) is 26.3 Å². The quantitative estimate of drug-likeness (QED) is 0.899. The van der Waals surface area contributed by atoms with E-state index in [1.165, 1.54) is 12.3 Å². The van der Waals surface area contributed by atoms with Gasteiger partial charge in [-0.25, -0.2) is 9.97 Å². The Morgan fingerprint density at radius 1 is 1.41 bits per heavy atom. The summed E-state index contributed by atoms with van der Waals surface area (Å²) in [4.78, 5) is 9.97. The van der Waals surface area contributed by atoms with Crippen molar-refractivity contribution in [2.75, 3.05) is 18.0 Å². The lowest BCUT2D eigenvalue weighted by molar-refractivity contribution is -0.134. The summed E-state index contributed by atoms with van der Waals surface area (Å²) in [5.74, 6) is 0.327. The molecule has 0 spiro atoms. The highest BCUT2D eigenvalue weighted by Crippen LogP contribution is 2.23. The van der Waals surface area contributed by atoms with Crippen molar-refractivity contribution < 1.29 is 23.0 Å². The average molecular weight is 319 g/mol. The first kappa shape index (κ1) is 17.0. The minimum atomic E-state index is -4.20. The number of rotatable bonds is 5. The molecule has 2 atom stereocenters. The van der Waals surface area contributed by atoms with E-state index in [0.29, 0.717) is 24.7 Å². The van der Waals surface area contributed by atoms with Crippen LogP contribution >= 0.6 is 0 Å². The number of hydrogen-bond donors (Lipinski definition) is 1. The molecule has 0 aliphatic carbocycles. The number of alkyl halides is 3. The highest BCUT2D eigenvalue weighted by atomic mass is 19.4. The molecule has 1 aliphatic rings. The molecule has 2 rings (SSSR count). The van der Waals surface area contributed by atoms with Crippen molar-refractivity contribution in [3.63, 3.8) is 0 Å². The van der Waals surface area contributed by atoms with Crippen LogP contribution in [0, 0.1) is 0 Å². The lowest BCUT2D eigenvalue weighted by atomic mass is 10.2. The summed E-state index contributed by atoms with van der Waals surface area (Å²) in [5.41, 5.74) is 0.338. The van der Waals surface area contributed by atoms with Gasteiger partial charge in [-0.3, -0.25) is 0 Å². The highest BCUT2D eigenvalue weighted by molar-refractivity contribution is 5.33. The fourth-order valence-corrected chi connectivity index (χ4v) is 2.35. The van der Waals surface area contributed by atoms with Crippen LogP contribution in [0.25, 0.3) is 0 Å². The Labute approximate surface area is 127 Å². The smallest absolute Gasteiger partial charge is 0.388 e. The van der Waals surface area contributed by atoms with E-state index in [0.717, 1.165) is 0 Å². The summed E-state index contributed by atoms with van der Waals surface area (Å²) in [6.07, 6.45) is -4.87. The van der Waals surface area contributed by atoms with Crippen molar-refractivity contribution in [3.05, 3.63) is 18.0 Å². The molecular weight excluding hydrogens is 299 g/mol. The molecule has 0 amide bonds. The maximum atomic E-state index is 12.3. The molecule has 0 saturated carbocycles. The number of β-amino-alcohol motifs (C(OH)–C–C–N with tert-alkyl or cyclic N) is 1. The van der Waals surface area contributed by atoms with Crippen molar-refractivity contribution >= 4 is 5.95 Å². The first-order chi connectivity index (χ1) is 10.2. The first-order valence-electron chi connectivity index (χ1n) is 7.22. The van der Waals surface area contributed by atoms with Crippen LogP contribution in [-0.2, 0) is 11.2 Å². The van der Waals surface area contributed by atoms with Gasteiger partial charge in [0.2, 0.25) is 5.95 Å². The van der Waals surface area contributed by atoms with Crippen LogP contribution in [0.5, 0.6) is 0 Å². The Morgan fingerprint density at radius 3 is 2.77 bits per heavy atom. The molecule has 1 saturated heterocycles. The van der Waals surface area contributed by atoms with Gasteiger partial charge >= 0.3 is 6.18 Å². The minimum Gasteiger partial charge on any atom is -0.388 e. The second-order valence-electron chi connectivity index (χ2n) is 5.66. The lowest BCUT2D eigenvalue weighted by Gasteiger charge is -2.18. The zero-order chi connectivity index (χ0) is 16.3. The van der Waals surface area contributed by atoms with Gasteiger partial charge in [0.15, 0.2) is 0 Å². The molecule has 124 valence electrons. The molecule has 22 heavy (non-hydrogen) atoms. The predicted molar refractivity (Wildman–Crippen MR) is 74.6 cm³/mol. The van der Waals surface area contributed by atoms with Gasteiger partial charge in [0.25, 0.3) is 0 Å². The molecule has 5 nitrogen and oxygen atoms in total. The van der Waals surface area contributed by atoms with Gasteiger partial charge in [-0.1, -0.05) is 0 Å². The summed E-state index contributed by atoms with van der Waals surface area (Å²) >= 11 is 0. The molecule has 0 radical (unpaired) electrons. The van der Waals surface area contributed by atoms with E-state index in [9.17, 15) is 18.3 Å². The summed E-state index contributed by atoms with van der Waals surface area (Å²) in [6.45, 7) is 4.48. The zero-order valence-electron chi connectivity index (χ0n) is 12.5. The van der Waals surface area contributed by atoms with Gasteiger partial charge in [-0.2, -0.15) is 13.2 Å². The van der Waals surface area contributed by atoms with E-state index in [4.69, 9.17) is 4.74 Å². The minimum absolute atomic E-state index is 0.0151. The number of aromatic nitrogens is 2. The van der Waals surface area contributed by atoms with Crippen LogP contribution in [0.3, 0.4) is 0 Å². The Kier molecular flexibility index (Phi) is 5.23. The van der Waals surface area contributed by atoms with E-state index in [1.807, 2.05) is 13.8 Å². The molecule has 0 unspecified atom stereocenters. The molecule has 1 aliphatic heterocycles. The number of aliphatic hydroxyl groups excluding tert-OH is 1. The summed E-state index contributed by atoms with van der Waals surface area (Å²) in [7, 11) is 0. The number of halogens is 3. The summed E-state index contributed by atoms with van der Waals surface area (Å²) in [5, 5.41) is 9.98. The van der Waals surface area contributed by atoms with E-state index in [1.54, 1.807) is 4.90 Å². The third-order valence-corrected chi connectivity index (χ3v) is 3.33. The van der Waals surface area contributed by atoms with Crippen molar-refractivity contribution in [1.82, 2.24) is 9.97 Å². The van der Waals surface area contributed by atoms with E-state index in [2.05, 4.69) is 9.97 Å². The normalized spacial score (nSPS) is 22.6. The third-order valence-electron chi connectivity index (χ3n) is 3.33. The van der Waals surface area contributed by atoms with E-state index < -0.39 is 18.7 Å². The maximum absolute atomic E-state index is 12.3. The summed E-state index contributed by atoms with van der Waals surface area (Å²) < 4.78 is 42.4. The van der Waals surface area contributed by atoms with Gasteiger partial charge in [0.1, 0.15) is 6.10 Å². The molecule has 0 bridgehead atoms. The number of aryl methyl sites for hydroxylation is 1. The average Bonchev–Trinajstić information content (AvgIpc) is 2.77. The fourth-order valence-electron chi connectivity index (χ4n) is 2.35. The second kappa shape index (κ2) is 6.78. The molecule has 8 heteroatoms. The Morgan fingerprint density at radius 2 is 2.14 bits per heavy atom. The SMILES string of the molecule is CC(C)O[C@@H]1CN(c2nccc(CCC(F)(F)F)n2)C[C@H]1O. The number of anilines is 1. The molecule has 1 fully saturated rings. The van der Waals surface area contributed by atoms with Crippen molar-refractivity contribution in [2.24, 2.45) is 0 Å². The topological polar surface area (TPSA) is 58.5 Å². The largest absolute Gasteiger partial charge is 0.389 e. The Bertz CT molecular complexity index is 496. The molecular formula is C14H20F3N3O2. The monoisotopic (exact) mass is 319 g/mol. The molecule has 2 heterocycles. The van der Waals surface area contributed by atoms with Crippen LogP contribution < -0.4 is 4.90 Å². The Hall–Kier alpha value is -1.41. The van der Waals surface area contributed by atoms with Crippen LogP contribution in [0.2, 0.25) is 0 Å². The zero-order valence-corrected chi connectivity index (χ0v) is 12.5. The van der Waals surface area contributed by atoms with Gasteiger partial charge < -0.3 is 14.7 Å². The maximum Gasteiger partial charge on any atom is 0.389 e. The van der Waals surface area contributed by atoms with Crippen LogP contribution in [0.1, 0.15) is 26.0 Å². The van der Waals surface area contributed by atoms with E-state index >= 15 is 0 Å². The number of aliphatic hydroxyl groups is 1. The van der Waals surface area contributed by atoms with Crippen LogP contribution in [0.15, 0.2) is 12.3 Å². The van der Waals surface area contributed by atoms with Crippen LogP contribution in [-0.4, -0.2) is 52.7 Å². The Balaban J connectivity index is 2.01. The van der Waals surface area contributed by atoms with Crippen molar-refractivity contribution in [2.45, 2.75) is 51.2 Å². The number of nitrogens with zero attached hydrogens (tertiary/aromatic N) is 3. The van der Waals surface area contributed by atoms with Crippen molar-refractivity contribution in [1.29, 1.82) is 0 Å². The number of hydrogen-bond acceptors (Lipinski definition) is 5. The van der Waals surface area contributed by atoms with Crippen molar-refractivity contribution in [3.8, 4) is 0 Å². The fraction of sp³-hybridized carbons (Fsp3) is 0.714. The molecule has 0 aromatic carbocycles. The molecule has 1 aromatic rings.